The molecule has 3 saturated heterocycles. The molecule has 1 aromatic carbocycles. The predicted molar refractivity (Wildman–Crippen MR) is 107 cm³/mol. The Bertz CT molecular complexity index is 851. The van der Waals surface area contributed by atoms with Gasteiger partial charge in [-0.15, -0.1) is 4.40 Å². The molecule has 4 heterocycles. The van der Waals surface area contributed by atoms with E-state index in [9.17, 15) is 8.42 Å². The van der Waals surface area contributed by atoms with Gasteiger partial charge in [-0.3, -0.25) is 0 Å². The Balaban J connectivity index is 1.32. The lowest BCUT2D eigenvalue weighted by molar-refractivity contribution is 0.0656. The first-order valence-electron chi connectivity index (χ1n) is 10.5. The summed E-state index contributed by atoms with van der Waals surface area (Å²) in [5.74, 6) is 2.33. The Labute approximate surface area is 167 Å². The third kappa shape index (κ3) is 3.32. The van der Waals surface area contributed by atoms with Crippen LogP contribution in [0.1, 0.15) is 50.0 Å². The standard InChI is InChI=1S/C21H28N2O4S/c24-28(25)14-11-23-18-5-9-21(10-6-18,20(23)22-28)15-27-19-3-1-16(2-4-19)17-7-12-26-13-8-17/h1-4,17-18H,5-15H2. The van der Waals surface area contributed by atoms with Gasteiger partial charge >= 0.3 is 0 Å². The molecule has 0 atom stereocenters. The number of rotatable bonds is 4. The smallest absolute Gasteiger partial charge is 0.256 e. The van der Waals surface area contributed by atoms with Gasteiger partial charge in [0.15, 0.2) is 0 Å². The van der Waals surface area contributed by atoms with Crippen LogP contribution < -0.4 is 4.74 Å². The van der Waals surface area contributed by atoms with E-state index in [4.69, 9.17) is 9.47 Å². The van der Waals surface area contributed by atoms with E-state index in [1.165, 1.54) is 5.56 Å². The largest absolute Gasteiger partial charge is 0.493 e. The first-order valence-corrected chi connectivity index (χ1v) is 12.1. The van der Waals surface area contributed by atoms with E-state index in [2.05, 4.69) is 21.4 Å². The summed E-state index contributed by atoms with van der Waals surface area (Å²) in [5.41, 5.74) is 1.09. The number of nitrogens with zero attached hydrogens (tertiary/aromatic N) is 2. The molecule has 1 saturated carbocycles. The zero-order valence-electron chi connectivity index (χ0n) is 16.2. The summed E-state index contributed by atoms with van der Waals surface area (Å²) in [7, 11) is -3.33. The van der Waals surface area contributed by atoms with E-state index in [1.54, 1.807) is 0 Å². The molecule has 4 fully saturated rings. The molecule has 0 N–H and O–H groups in total. The second-order valence-corrected chi connectivity index (χ2v) is 10.4. The molecule has 4 aliphatic heterocycles. The van der Waals surface area contributed by atoms with Crippen LogP contribution in [0.3, 0.4) is 0 Å². The van der Waals surface area contributed by atoms with Crippen LogP contribution in [0.2, 0.25) is 0 Å². The Morgan fingerprint density at radius 1 is 1.11 bits per heavy atom. The molecule has 0 aromatic heterocycles. The molecule has 0 spiro atoms. The van der Waals surface area contributed by atoms with Gasteiger partial charge in [-0.05, 0) is 62.1 Å². The van der Waals surface area contributed by atoms with Crippen molar-refractivity contribution in [1.82, 2.24) is 4.90 Å². The van der Waals surface area contributed by atoms with E-state index in [-0.39, 0.29) is 11.2 Å². The molecule has 2 bridgehead atoms. The third-order valence-electron chi connectivity index (χ3n) is 7.00. The van der Waals surface area contributed by atoms with Crippen LogP contribution in [0, 0.1) is 5.41 Å². The maximum atomic E-state index is 12.1. The van der Waals surface area contributed by atoms with Crippen molar-refractivity contribution in [3.05, 3.63) is 29.8 Å². The number of hydrogen-bond acceptors (Lipinski definition) is 5. The fourth-order valence-electron chi connectivity index (χ4n) is 5.29. The SMILES string of the molecule is O=S1(=O)CCN2C(=N1)C1(COc3ccc(C4CCOCC4)cc3)CCC2CC1. The van der Waals surface area contributed by atoms with Crippen LogP contribution >= 0.6 is 0 Å². The molecular formula is C21H28N2O4S. The quantitative estimate of drug-likeness (QED) is 0.772. The van der Waals surface area contributed by atoms with Gasteiger partial charge in [-0.2, -0.15) is 0 Å². The minimum atomic E-state index is -3.33. The van der Waals surface area contributed by atoms with Crippen LogP contribution in [-0.2, 0) is 14.8 Å². The van der Waals surface area contributed by atoms with Gasteiger partial charge in [0.2, 0.25) is 0 Å². The third-order valence-corrected chi connectivity index (χ3v) is 8.15. The van der Waals surface area contributed by atoms with Gasteiger partial charge in [0.25, 0.3) is 10.0 Å². The summed E-state index contributed by atoms with van der Waals surface area (Å²) < 4.78 is 40.1. The van der Waals surface area contributed by atoms with Gasteiger partial charge in [-0.25, -0.2) is 8.42 Å². The van der Waals surface area contributed by atoms with Crippen LogP contribution in [0.4, 0.5) is 0 Å². The Hall–Kier alpha value is -1.60. The van der Waals surface area contributed by atoms with Crippen molar-refractivity contribution in [2.45, 2.75) is 50.5 Å². The van der Waals surface area contributed by atoms with Gasteiger partial charge in [0.05, 0.1) is 11.2 Å². The zero-order valence-corrected chi connectivity index (χ0v) is 17.0. The highest BCUT2D eigenvalue weighted by Gasteiger charge is 2.52. The van der Waals surface area contributed by atoms with E-state index in [0.29, 0.717) is 25.1 Å². The normalized spacial score (nSPS) is 31.9. The second kappa shape index (κ2) is 7.02. The molecule has 1 aromatic rings. The van der Waals surface area contributed by atoms with Gasteiger partial charge < -0.3 is 14.4 Å². The second-order valence-electron chi connectivity index (χ2n) is 8.65. The number of sulfonamides is 1. The van der Waals surface area contributed by atoms with E-state index >= 15 is 0 Å². The molecule has 0 amide bonds. The molecule has 0 unspecified atom stereocenters. The Morgan fingerprint density at radius 2 is 1.82 bits per heavy atom. The molecule has 0 radical (unpaired) electrons. The van der Waals surface area contributed by atoms with Crippen molar-refractivity contribution in [3.63, 3.8) is 0 Å². The zero-order chi connectivity index (χ0) is 19.2. The van der Waals surface area contributed by atoms with E-state index < -0.39 is 10.0 Å². The Morgan fingerprint density at radius 3 is 2.54 bits per heavy atom. The maximum Gasteiger partial charge on any atom is 0.256 e. The lowest BCUT2D eigenvalue weighted by Gasteiger charge is -2.54. The number of ether oxygens (including phenoxy) is 2. The number of fused-ring (bicyclic) bond motifs is 2. The number of benzene rings is 1. The minimum Gasteiger partial charge on any atom is -0.493 e. The topological polar surface area (TPSA) is 68.2 Å². The lowest BCUT2D eigenvalue weighted by atomic mass is 9.67. The van der Waals surface area contributed by atoms with Crippen LogP contribution in [-0.4, -0.2) is 57.3 Å². The van der Waals surface area contributed by atoms with E-state index in [1.807, 2.05) is 12.1 Å². The summed E-state index contributed by atoms with van der Waals surface area (Å²) in [6, 6.07) is 8.88. The van der Waals surface area contributed by atoms with Crippen molar-refractivity contribution in [1.29, 1.82) is 0 Å². The number of hydrogen-bond donors (Lipinski definition) is 0. The van der Waals surface area contributed by atoms with E-state index in [0.717, 1.165) is 63.3 Å². The maximum absolute atomic E-state index is 12.1. The molecule has 6 nitrogen and oxygen atoms in total. The first-order chi connectivity index (χ1) is 13.5. The fourth-order valence-corrected chi connectivity index (χ4v) is 6.38. The van der Waals surface area contributed by atoms with Gasteiger partial charge in [0.1, 0.15) is 18.2 Å². The molecule has 1 aliphatic carbocycles. The number of amidine groups is 1. The summed E-state index contributed by atoms with van der Waals surface area (Å²) in [5, 5.41) is 0. The molecular weight excluding hydrogens is 376 g/mol. The summed E-state index contributed by atoms with van der Waals surface area (Å²) in [6.45, 7) is 2.76. The van der Waals surface area contributed by atoms with Crippen molar-refractivity contribution in [2.75, 3.05) is 32.1 Å². The highest BCUT2D eigenvalue weighted by Crippen LogP contribution is 2.47. The average molecular weight is 405 g/mol. The summed E-state index contributed by atoms with van der Waals surface area (Å²) >= 11 is 0. The molecule has 28 heavy (non-hydrogen) atoms. The molecule has 152 valence electrons. The predicted octanol–water partition coefficient (Wildman–Crippen LogP) is 2.95. The molecule has 6 rings (SSSR count). The average Bonchev–Trinajstić information content (AvgIpc) is 2.73. The fraction of sp³-hybridized carbons (Fsp3) is 0.667. The lowest BCUT2D eigenvalue weighted by Crippen LogP contribution is -2.62. The summed E-state index contributed by atoms with van der Waals surface area (Å²) in [6.07, 6.45) is 6.28. The minimum absolute atomic E-state index is 0.137. The van der Waals surface area contributed by atoms with Crippen molar-refractivity contribution in [2.24, 2.45) is 9.81 Å². The summed E-state index contributed by atoms with van der Waals surface area (Å²) in [4.78, 5) is 2.24. The first kappa shape index (κ1) is 18.4. The van der Waals surface area contributed by atoms with Gasteiger partial charge in [0, 0.05) is 25.8 Å². The monoisotopic (exact) mass is 404 g/mol. The highest BCUT2D eigenvalue weighted by molar-refractivity contribution is 7.90. The Kier molecular flexibility index (Phi) is 4.62. The van der Waals surface area contributed by atoms with Crippen LogP contribution in [0.25, 0.3) is 0 Å². The molecule has 5 aliphatic rings. The van der Waals surface area contributed by atoms with Crippen LogP contribution in [0.5, 0.6) is 5.75 Å². The highest BCUT2D eigenvalue weighted by atomic mass is 32.2. The van der Waals surface area contributed by atoms with Crippen molar-refractivity contribution >= 4 is 15.9 Å². The number of piperidine rings is 2. The van der Waals surface area contributed by atoms with Crippen molar-refractivity contribution < 1.29 is 17.9 Å². The van der Waals surface area contributed by atoms with Gasteiger partial charge in [-0.1, -0.05) is 12.1 Å². The van der Waals surface area contributed by atoms with Crippen molar-refractivity contribution in [3.8, 4) is 5.75 Å². The van der Waals surface area contributed by atoms with Crippen LogP contribution in [0.15, 0.2) is 28.7 Å². The molecule has 7 heteroatoms.